The van der Waals surface area contributed by atoms with Gasteiger partial charge in [-0.3, -0.25) is 0 Å². The molecule has 1 fully saturated rings. The topological polar surface area (TPSA) is 38.5 Å². The zero-order valence-electron chi connectivity index (χ0n) is 11.7. The average Bonchev–Trinajstić information content (AvgIpc) is 3.17. The molecule has 0 bridgehead atoms. The highest BCUT2D eigenvalue weighted by atomic mass is 35.5. The highest BCUT2D eigenvalue weighted by Gasteiger charge is 2.21. The molecule has 1 saturated carbocycles. The highest BCUT2D eigenvalue weighted by molar-refractivity contribution is 6.31. The Morgan fingerprint density at radius 3 is 2.79 bits per heavy atom. The molecule has 1 aromatic carbocycles. The molecular weight excluding hydrogens is 260 g/mol. The SMILES string of the molecule is CC(N)c1ccc(N(C)CCOCC2CC2)cc1Cl. The van der Waals surface area contributed by atoms with Gasteiger partial charge < -0.3 is 15.4 Å². The molecule has 2 N–H and O–H groups in total. The Bertz CT molecular complexity index is 419. The average molecular weight is 283 g/mol. The van der Waals surface area contributed by atoms with Gasteiger partial charge in [-0.2, -0.15) is 0 Å². The van der Waals surface area contributed by atoms with Crippen molar-refractivity contribution in [1.29, 1.82) is 0 Å². The monoisotopic (exact) mass is 282 g/mol. The molecule has 0 radical (unpaired) electrons. The second kappa shape index (κ2) is 6.60. The summed E-state index contributed by atoms with van der Waals surface area (Å²) in [7, 11) is 2.05. The summed E-state index contributed by atoms with van der Waals surface area (Å²) < 4.78 is 5.65. The summed E-state index contributed by atoms with van der Waals surface area (Å²) in [4.78, 5) is 2.16. The van der Waals surface area contributed by atoms with Gasteiger partial charge in [-0.1, -0.05) is 17.7 Å². The van der Waals surface area contributed by atoms with E-state index in [4.69, 9.17) is 22.1 Å². The van der Waals surface area contributed by atoms with Gasteiger partial charge in [-0.05, 0) is 43.4 Å². The number of rotatable bonds is 7. The first-order chi connectivity index (χ1) is 9.08. The van der Waals surface area contributed by atoms with Gasteiger partial charge in [0.2, 0.25) is 0 Å². The predicted octanol–water partition coefficient (Wildman–Crippen LogP) is 3.22. The van der Waals surface area contributed by atoms with Gasteiger partial charge in [0.05, 0.1) is 6.61 Å². The Balaban J connectivity index is 1.83. The molecule has 1 aliphatic rings. The largest absolute Gasteiger partial charge is 0.379 e. The lowest BCUT2D eigenvalue weighted by Gasteiger charge is -2.20. The maximum Gasteiger partial charge on any atom is 0.0641 e. The van der Waals surface area contributed by atoms with Gasteiger partial charge in [-0.15, -0.1) is 0 Å². The van der Waals surface area contributed by atoms with Gasteiger partial charge in [-0.25, -0.2) is 0 Å². The van der Waals surface area contributed by atoms with E-state index in [1.54, 1.807) is 0 Å². The van der Waals surface area contributed by atoms with Crippen LogP contribution in [0.1, 0.15) is 31.4 Å². The molecule has 19 heavy (non-hydrogen) atoms. The van der Waals surface area contributed by atoms with Crippen LogP contribution in [0.15, 0.2) is 18.2 Å². The van der Waals surface area contributed by atoms with Crippen LogP contribution in [0, 0.1) is 5.92 Å². The van der Waals surface area contributed by atoms with E-state index in [0.29, 0.717) is 0 Å². The standard InChI is InChI=1S/C15H23ClN2O/c1-11(17)14-6-5-13(9-15(14)16)18(2)7-8-19-10-12-3-4-12/h5-6,9,11-12H,3-4,7-8,10,17H2,1-2H3. The van der Waals surface area contributed by atoms with Gasteiger partial charge in [0.25, 0.3) is 0 Å². The number of nitrogens with zero attached hydrogens (tertiary/aromatic N) is 1. The fraction of sp³-hybridized carbons (Fsp3) is 0.600. The molecule has 2 rings (SSSR count). The van der Waals surface area contributed by atoms with Gasteiger partial charge in [0, 0.05) is 37.0 Å². The van der Waals surface area contributed by atoms with Crippen LogP contribution in [0.2, 0.25) is 5.02 Å². The van der Waals surface area contributed by atoms with E-state index >= 15 is 0 Å². The molecule has 0 amide bonds. The Labute approximate surface area is 120 Å². The van der Waals surface area contributed by atoms with E-state index in [-0.39, 0.29) is 6.04 Å². The molecular formula is C15H23ClN2O. The molecule has 1 aromatic rings. The molecule has 1 unspecified atom stereocenters. The van der Waals surface area contributed by atoms with Crippen molar-refractivity contribution in [3.8, 4) is 0 Å². The minimum atomic E-state index is -0.0336. The molecule has 0 spiro atoms. The summed E-state index contributed by atoms with van der Waals surface area (Å²) in [5.41, 5.74) is 7.95. The molecule has 3 nitrogen and oxygen atoms in total. The molecule has 4 heteroatoms. The normalized spacial score (nSPS) is 16.4. The van der Waals surface area contributed by atoms with Crippen molar-refractivity contribution < 1.29 is 4.74 Å². The summed E-state index contributed by atoms with van der Waals surface area (Å²) in [5.74, 6) is 0.824. The fourth-order valence-corrected chi connectivity index (χ4v) is 2.33. The lowest BCUT2D eigenvalue weighted by molar-refractivity contribution is 0.131. The number of benzene rings is 1. The van der Waals surface area contributed by atoms with E-state index in [1.807, 2.05) is 19.1 Å². The lowest BCUT2D eigenvalue weighted by Crippen LogP contribution is -2.23. The molecule has 1 aliphatic carbocycles. The predicted molar refractivity (Wildman–Crippen MR) is 80.9 cm³/mol. The van der Waals surface area contributed by atoms with Gasteiger partial charge >= 0.3 is 0 Å². The van der Waals surface area contributed by atoms with Crippen LogP contribution in [-0.2, 0) is 4.74 Å². The van der Waals surface area contributed by atoms with E-state index in [9.17, 15) is 0 Å². The first-order valence-corrected chi connectivity index (χ1v) is 7.29. The number of halogens is 1. The van der Waals surface area contributed by atoms with Crippen LogP contribution >= 0.6 is 11.6 Å². The maximum atomic E-state index is 6.24. The Kier molecular flexibility index (Phi) is 5.08. The fourth-order valence-electron chi connectivity index (χ4n) is 1.99. The van der Waals surface area contributed by atoms with E-state index in [1.165, 1.54) is 12.8 Å². The zero-order chi connectivity index (χ0) is 13.8. The van der Waals surface area contributed by atoms with Crippen molar-refractivity contribution in [2.24, 2.45) is 11.7 Å². The molecule has 106 valence electrons. The van der Waals surface area contributed by atoms with Gasteiger partial charge in [0.1, 0.15) is 0 Å². The van der Waals surface area contributed by atoms with Crippen LogP contribution in [0.5, 0.6) is 0 Å². The van der Waals surface area contributed by atoms with Crippen LogP contribution in [0.4, 0.5) is 5.69 Å². The first kappa shape index (κ1) is 14.6. The van der Waals surface area contributed by atoms with Crippen LogP contribution in [-0.4, -0.2) is 26.8 Å². The number of ether oxygens (including phenoxy) is 1. The second-order valence-electron chi connectivity index (χ2n) is 5.43. The van der Waals surface area contributed by atoms with Crippen LogP contribution in [0.25, 0.3) is 0 Å². The van der Waals surface area contributed by atoms with Crippen molar-refractivity contribution in [3.63, 3.8) is 0 Å². The number of nitrogens with two attached hydrogens (primary N) is 1. The summed E-state index contributed by atoms with van der Waals surface area (Å²) in [5, 5.41) is 0.734. The number of anilines is 1. The maximum absolute atomic E-state index is 6.24. The number of hydrogen-bond acceptors (Lipinski definition) is 3. The Morgan fingerprint density at radius 2 is 2.21 bits per heavy atom. The summed E-state index contributed by atoms with van der Waals surface area (Å²) in [6, 6.07) is 6.00. The van der Waals surface area contributed by atoms with E-state index in [0.717, 1.165) is 41.9 Å². The van der Waals surface area contributed by atoms with Crippen molar-refractivity contribution >= 4 is 17.3 Å². The van der Waals surface area contributed by atoms with E-state index in [2.05, 4.69) is 18.0 Å². The van der Waals surface area contributed by atoms with Crippen molar-refractivity contribution in [3.05, 3.63) is 28.8 Å². The highest BCUT2D eigenvalue weighted by Crippen LogP contribution is 2.29. The number of hydrogen-bond donors (Lipinski definition) is 1. The second-order valence-corrected chi connectivity index (χ2v) is 5.84. The van der Waals surface area contributed by atoms with Crippen LogP contribution in [0.3, 0.4) is 0 Å². The molecule has 0 aromatic heterocycles. The third-order valence-electron chi connectivity index (χ3n) is 3.54. The quantitative estimate of drug-likeness (QED) is 0.781. The minimum absolute atomic E-state index is 0.0336. The van der Waals surface area contributed by atoms with Gasteiger partial charge in [0.15, 0.2) is 0 Å². The summed E-state index contributed by atoms with van der Waals surface area (Å²) >= 11 is 6.24. The van der Waals surface area contributed by atoms with Crippen molar-refractivity contribution in [2.75, 3.05) is 31.7 Å². The molecule has 0 saturated heterocycles. The van der Waals surface area contributed by atoms with Crippen molar-refractivity contribution in [1.82, 2.24) is 0 Å². The lowest BCUT2D eigenvalue weighted by atomic mass is 10.1. The Morgan fingerprint density at radius 1 is 1.47 bits per heavy atom. The third-order valence-corrected chi connectivity index (χ3v) is 3.86. The zero-order valence-corrected chi connectivity index (χ0v) is 12.5. The minimum Gasteiger partial charge on any atom is -0.379 e. The third kappa shape index (κ3) is 4.37. The summed E-state index contributed by atoms with van der Waals surface area (Å²) in [6.45, 7) is 4.49. The van der Waals surface area contributed by atoms with E-state index < -0.39 is 0 Å². The molecule has 0 heterocycles. The first-order valence-electron chi connectivity index (χ1n) is 6.92. The molecule has 0 aliphatic heterocycles. The smallest absolute Gasteiger partial charge is 0.0641 e. The van der Waals surface area contributed by atoms with Crippen molar-refractivity contribution in [2.45, 2.75) is 25.8 Å². The summed E-state index contributed by atoms with van der Waals surface area (Å²) in [6.07, 6.45) is 2.67. The number of likely N-dealkylation sites (N-methyl/N-ethyl adjacent to an activating group) is 1. The van der Waals surface area contributed by atoms with Crippen LogP contribution < -0.4 is 10.6 Å². The Hall–Kier alpha value is -0.770. The molecule has 1 atom stereocenters.